The van der Waals surface area contributed by atoms with Crippen LogP contribution in [0.1, 0.15) is 40.3 Å². The Hall–Kier alpha value is -3.28. The first kappa shape index (κ1) is 18.5. The van der Waals surface area contributed by atoms with Gasteiger partial charge in [-0.2, -0.15) is 0 Å². The fourth-order valence-electron chi connectivity index (χ4n) is 2.67. The summed E-state index contributed by atoms with van der Waals surface area (Å²) < 4.78 is 19.9. The first-order valence-electron chi connectivity index (χ1n) is 8.62. The van der Waals surface area contributed by atoms with Gasteiger partial charge in [-0.15, -0.1) is 0 Å². The SMILES string of the molecule is CCc1ccc(C(=O)[C@@H](C)OC(=O)c2cncn2-c2ccc(F)cc2)cc1. The Bertz CT molecular complexity index is 946. The van der Waals surface area contributed by atoms with Crippen LogP contribution in [0.2, 0.25) is 0 Å². The first-order chi connectivity index (χ1) is 13.0. The summed E-state index contributed by atoms with van der Waals surface area (Å²) in [6, 6.07) is 12.8. The molecule has 0 aliphatic rings. The fourth-order valence-corrected chi connectivity index (χ4v) is 2.67. The summed E-state index contributed by atoms with van der Waals surface area (Å²) in [5.41, 5.74) is 2.33. The second-order valence-electron chi connectivity index (χ2n) is 6.09. The van der Waals surface area contributed by atoms with E-state index >= 15 is 0 Å². The van der Waals surface area contributed by atoms with Crippen LogP contribution in [0.15, 0.2) is 61.1 Å². The average Bonchev–Trinajstić information content (AvgIpc) is 3.18. The largest absolute Gasteiger partial charge is 0.450 e. The highest BCUT2D eigenvalue weighted by Crippen LogP contribution is 2.15. The van der Waals surface area contributed by atoms with Crippen molar-refractivity contribution in [3.63, 3.8) is 0 Å². The standard InChI is InChI=1S/C21H19FN2O3/c1-3-15-4-6-16(7-5-15)20(25)14(2)27-21(26)19-12-23-13-24(19)18-10-8-17(22)9-11-18/h4-14H,3H2,1-2H3/t14-/m1/s1. The molecule has 6 heteroatoms. The van der Waals surface area contributed by atoms with Crippen LogP contribution >= 0.6 is 0 Å². The van der Waals surface area contributed by atoms with Crippen molar-refractivity contribution in [2.45, 2.75) is 26.4 Å². The molecule has 1 aromatic heterocycles. The Morgan fingerprint density at radius 1 is 1.11 bits per heavy atom. The van der Waals surface area contributed by atoms with E-state index in [0.717, 1.165) is 12.0 Å². The maximum absolute atomic E-state index is 13.1. The Labute approximate surface area is 156 Å². The number of ether oxygens (including phenoxy) is 1. The van der Waals surface area contributed by atoms with Gasteiger partial charge < -0.3 is 4.74 Å². The lowest BCUT2D eigenvalue weighted by Crippen LogP contribution is -2.25. The van der Waals surface area contributed by atoms with Crippen LogP contribution < -0.4 is 0 Å². The molecule has 3 aromatic rings. The molecule has 0 saturated carbocycles. The van der Waals surface area contributed by atoms with E-state index in [2.05, 4.69) is 4.98 Å². The number of rotatable bonds is 6. The van der Waals surface area contributed by atoms with Crippen molar-refractivity contribution in [1.82, 2.24) is 9.55 Å². The van der Waals surface area contributed by atoms with Gasteiger partial charge in [0.1, 0.15) is 5.82 Å². The van der Waals surface area contributed by atoms with Gasteiger partial charge in [0.25, 0.3) is 0 Å². The lowest BCUT2D eigenvalue weighted by Gasteiger charge is -2.13. The summed E-state index contributed by atoms with van der Waals surface area (Å²) in [4.78, 5) is 29.0. The van der Waals surface area contributed by atoms with E-state index in [1.165, 1.54) is 48.3 Å². The Kier molecular flexibility index (Phi) is 5.45. The molecule has 2 aromatic carbocycles. The van der Waals surface area contributed by atoms with Gasteiger partial charge in [-0.25, -0.2) is 14.2 Å². The van der Waals surface area contributed by atoms with Gasteiger partial charge in [0.15, 0.2) is 11.8 Å². The molecular weight excluding hydrogens is 347 g/mol. The van der Waals surface area contributed by atoms with E-state index in [1.807, 2.05) is 19.1 Å². The number of Topliss-reactive ketones (excluding diaryl/α,β-unsaturated/α-hetero) is 1. The number of carbonyl (C=O) groups is 2. The molecular formula is C21H19FN2O3. The van der Waals surface area contributed by atoms with Crippen molar-refractivity contribution in [2.75, 3.05) is 0 Å². The van der Waals surface area contributed by atoms with E-state index in [-0.39, 0.29) is 17.3 Å². The quantitative estimate of drug-likeness (QED) is 0.489. The van der Waals surface area contributed by atoms with E-state index < -0.39 is 12.1 Å². The molecule has 0 aliphatic heterocycles. The molecule has 0 saturated heterocycles. The molecule has 1 atom stereocenters. The predicted octanol–water partition coefficient (Wildman–Crippen LogP) is 4.00. The molecule has 5 nitrogen and oxygen atoms in total. The molecule has 0 bridgehead atoms. The van der Waals surface area contributed by atoms with Crippen molar-refractivity contribution in [1.29, 1.82) is 0 Å². The number of imidazole rings is 1. The molecule has 0 amide bonds. The number of aromatic nitrogens is 2. The Balaban J connectivity index is 1.74. The average molecular weight is 366 g/mol. The minimum atomic E-state index is -0.943. The van der Waals surface area contributed by atoms with Gasteiger partial charge in [0, 0.05) is 11.3 Å². The van der Waals surface area contributed by atoms with Crippen LogP contribution in [0, 0.1) is 5.82 Å². The molecule has 0 fully saturated rings. The molecule has 0 aliphatic carbocycles. The zero-order valence-corrected chi connectivity index (χ0v) is 15.1. The molecule has 0 radical (unpaired) electrons. The van der Waals surface area contributed by atoms with Crippen LogP contribution in [0.3, 0.4) is 0 Å². The minimum absolute atomic E-state index is 0.155. The number of hydrogen-bond donors (Lipinski definition) is 0. The summed E-state index contributed by atoms with van der Waals surface area (Å²) in [6.07, 6.45) is 2.71. The van der Waals surface area contributed by atoms with Gasteiger partial charge >= 0.3 is 5.97 Å². The molecule has 3 rings (SSSR count). The smallest absolute Gasteiger partial charge is 0.357 e. The second-order valence-corrected chi connectivity index (χ2v) is 6.09. The summed E-state index contributed by atoms with van der Waals surface area (Å²) in [5.74, 6) is -1.34. The number of ketones is 1. The maximum Gasteiger partial charge on any atom is 0.357 e. The number of aryl methyl sites for hydroxylation is 1. The normalized spacial score (nSPS) is 11.8. The van der Waals surface area contributed by atoms with Crippen molar-refractivity contribution >= 4 is 11.8 Å². The van der Waals surface area contributed by atoms with E-state index in [9.17, 15) is 14.0 Å². The number of benzene rings is 2. The van der Waals surface area contributed by atoms with Crippen LogP contribution in [0.5, 0.6) is 0 Å². The highest BCUT2D eigenvalue weighted by atomic mass is 19.1. The highest BCUT2D eigenvalue weighted by molar-refractivity contribution is 6.01. The van der Waals surface area contributed by atoms with E-state index in [1.54, 1.807) is 12.1 Å². The van der Waals surface area contributed by atoms with Crippen LogP contribution in [-0.2, 0) is 11.2 Å². The van der Waals surface area contributed by atoms with Crippen molar-refractivity contribution < 1.29 is 18.7 Å². The second kappa shape index (κ2) is 7.95. The highest BCUT2D eigenvalue weighted by Gasteiger charge is 2.23. The molecule has 0 spiro atoms. The number of nitrogens with zero attached hydrogens (tertiary/aromatic N) is 2. The van der Waals surface area contributed by atoms with Crippen molar-refractivity contribution in [3.8, 4) is 5.69 Å². The number of carbonyl (C=O) groups excluding carboxylic acids is 2. The van der Waals surface area contributed by atoms with Gasteiger partial charge in [0.05, 0.1) is 12.5 Å². The molecule has 1 heterocycles. The number of halogens is 1. The third-order valence-corrected chi connectivity index (χ3v) is 4.25. The zero-order valence-electron chi connectivity index (χ0n) is 15.1. The summed E-state index contributed by atoms with van der Waals surface area (Å²) in [7, 11) is 0. The number of hydrogen-bond acceptors (Lipinski definition) is 4. The maximum atomic E-state index is 13.1. The fraction of sp³-hybridized carbons (Fsp3) is 0.190. The third-order valence-electron chi connectivity index (χ3n) is 4.25. The molecule has 27 heavy (non-hydrogen) atoms. The molecule has 138 valence electrons. The summed E-state index contributed by atoms with van der Waals surface area (Å²) in [5, 5.41) is 0. The van der Waals surface area contributed by atoms with E-state index in [0.29, 0.717) is 11.3 Å². The van der Waals surface area contributed by atoms with Crippen LogP contribution in [0.25, 0.3) is 5.69 Å². The molecule has 0 N–H and O–H groups in total. The molecule has 0 unspecified atom stereocenters. The van der Waals surface area contributed by atoms with Crippen LogP contribution in [-0.4, -0.2) is 27.4 Å². The third kappa shape index (κ3) is 4.11. The first-order valence-corrected chi connectivity index (χ1v) is 8.62. The van der Waals surface area contributed by atoms with Gasteiger partial charge in [-0.3, -0.25) is 9.36 Å². The monoisotopic (exact) mass is 366 g/mol. The van der Waals surface area contributed by atoms with Gasteiger partial charge in [0.2, 0.25) is 5.78 Å². The lowest BCUT2D eigenvalue weighted by molar-refractivity contribution is 0.0311. The topological polar surface area (TPSA) is 61.2 Å². The van der Waals surface area contributed by atoms with E-state index in [4.69, 9.17) is 4.74 Å². The zero-order chi connectivity index (χ0) is 19.4. The van der Waals surface area contributed by atoms with Crippen LogP contribution in [0.4, 0.5) is 4.39 Å². The van der Waals surface area contributed by atoms with Crippen molar-refractivity contribution in [3.05, 3.63) is 83.7 Å². The Morgan fingerprint density at radius 2 is 1.78 bits per heavy atom. The Morgan fingerprint density at radius 3 is 2.41 bits per heavy atom. The predicted molar refractivity (Wildman–Crippen MR) is 98.6 cm³/mol. The van der Waals surface area contributed by atoms with Crippen molar-refractivity contribution in [2.24, 2.45) is 0 Å². The lowest BCUT2D eigenvalue weighted by atomic mass is 10.0. The van der Waals surface area contributed by atoms with Gasteiger partial charge in [-0.05, 0) is 43.2 Å². The summed E-state index contributed by atoms with van der Waals surface area (Å²) in [6.45, 7) is 3.57. The summed E-state index contributed by atoms with van der Waals surface area (Å²) >= 11 is 0. The van der Waals surface area contributed by atoms with Gasteiger partial charge in [-0.1, -0.05) is 31.2 Å². The number of esters is 1. The minimum Gasteiger partial charge on any atom is -0.450 e.